The molecule has 8 heteroatoms. The number of thioether (sulfide) groups is 1. The standard InChI is InChI=1S/C27H24FN3O3S/c1-3-31-26(33)24(35-27(31)30-22-14-10-20(28)11-15-22)16-19-6-4-5-7-23(19)34-17-25(32)29-21-12-8-18(2)9-13-21/h4-16H,3,17H2,1-2H3,(H,29,32)/b24-16+,30-27?. The fourth-order valence-corrected chi connectivity index (χ4v) is 4.40. The minimum atomic E-state index is -0.346. The van der Waals surface area contributed by atoms with E-state index in [4.69, 9.17) is 4.74 Å². The average molecular weight is 490 g/mol. The van der Waals surface area contributed by atoms with Crippen LogP contribution in [0.2, 0.25) is 0 Å². The predicted octanol–water partition coefficient (Wildman–Crippen LogP) is 5.78. The first-order valence-electron chi connectivity index (χ1n) is 11.1. The highest BCUT2D eigenvalue weighted by Crippen LogP contribution is 2.35. The maximum absolute atomic E-state index is 13.2. The zero-order valence-electron chi connectivity index (χ0n) is 19.3. The Labute approximate surface area is 207 Å². The zero-order valence-corrected chi connectivity index (χ0v) is 20.1. The van der Waals surface area contributed by atoms with Crippen LogP contribution in [0, 0.1) is 12.7 Å². The van der Waals surface area contributed by atoms with Gasteiger partial charge in [0.2, 0.25) is 0 Å². The van der Waals surface area contributed by atoms with Gasteiger partial charge in [-0.3, -0.25) is 14.5 Å². The number of likely N-dealkylation sites (N-methyl/N-ethyl adjacent to an activating group) is 1. The Kier molecular flexibility index (Phi) is 7.62. The van der Waals surface area contributed by atoms with Crippen molar-refractivity contribution in [1.29, 1.82) is 0 Å². The lowest BCUT2D eigenvalue weighted by molar-refractivity contribution is -0.122. The number of aryl methyl sites for hydroxylation is 1. The highest BCUT2D eigenvalue weighted by molar-refractivity contribution is 8.18. The van der Waals surface area contributed by atoms with E-state index in [0.29, 0.717) is 39.3 Å². The third kappa shape index (κ3) is 6.16. The van der Waals surface area contributed by atoms with E-state index in [-0.39, 0.29) is 24.2 Å². The first-order valence-corrected chi connectivity index (χ1v) is 11.9. The molecule has 3 aromatic rings. The van der Waals surface area contributed by atoms with Crippen molar-refractivity contribution in [2.75, 3.05) is 18.5 Å². The summed E-state index contributed by atoms with van der Waals surface area (Å²) in [7, 11) is 0. The number of para-hydroxylation sites is 1. The van der Waals surface area contributed by atoms with Gasteiger partial charge in [0.15, 0.2) is 11.8 Å². The third-order valence-corrected chi connectivity index (χ3v) is 6.16. The number of nitrogens with one attached hydrogen (secondary N) is 1. The van der Waals surface area contributed by atoms with E-state index in [1.807, 2.05) is 50.2 Å². The predicted molar refractivity (Wildman–Crippen MR) is 138 cm³/mol. The first-order chi connectivity index (χ1) is 16.9. The molecule has 0 aliphatic carbocycles. The van der Waals surface area contributed by atoms with E-state index in [9.17, 15) is 14.0 Å². The number of anilines is 1. The van der Waals surface area contributed by atoms with E-state index in [0.717, 1.165) is 5.56 Å². The minimum Gasteiger partial charge on any atom is -0.483 e. The number of rotatable bonds is 7. The largest absolute Gasteiger partial charge is 0.483 e. The summed E-state index contributed by atoms with van der Waals surface area (Å²) in [4.78, 5) is 31.9. The molecule has 178 valence electrons. The lowest BCUT2D eigenvalue weighted by Gasteiger charge is -2.12. The summed E-state index contributed by atoms with van der Waals surface area (Å²) >= 11 is 1.24. The quantitative estimate of drug-likeness (QED) is 0.428. The molecule has 0 aromatic heterocycles. The number of nitrogens with zero attached hydrogens (tertiary/aromatic N) is 2. The molecule has 35 heavy (non-hydrogen) atoms. The third-order valence-electron chi connectivity index (χ3n) is 5.16. The molecule has 0 saturated carbocycles. The highest BCUT2D eigenvalue weighted by atomic mass is 32.2. The summed E-state index contributed by atoms with van der Waals surface area (Å²) in [5, 5.41) is 3.32. The van der Waals surface area contributed by atoms with Gasteiger partial charge in [0.25, 0.3) is 11.8 Å². The SMILES string of the molecule is CCN1C(=O)/C(=C\c2ccccc2OCC(=O)Nc2ccc(C)cc2)SC1=Nc1ccc(F)cc1. The maximum Gasteiger partial charge on any atom is 0.266 e. The molecule has 1 aliphatic rings. The number of carbonyl (C=O) groups excluding carboxylic acids is 2. The van der Waals surface area contributed by atoms with Gasteiger partial charge >= 0.3 is 0 Å². The molecule has 0 atom stereocenters. The fraction of sp³-hybridized carbons (Fsp3) is 0.148. The summed E-state index contributed by atoms with van der Waals surface area (Å²) < 4.78 is 19.0. The van der Waals surface area contributed by atoms with Crippen LogP contribution in [0.4, 0.5) is 15.8 Å². The van der Waals surface area contributed by atoms with Crippen LogP contribution in [0.25, 0.3) is 6.08 Å². The van der Waals surface area contributed by atoms with Crippen LogP contribution >= 0.6 is 11.8 Å². The van der Waals surface area contributed by atoms with E-state index < -0.39 is 0 Å². The summed E-state index contributed by atoms with van der Waals surface area (Å²) in [5.41, 5.74) is 3.03. The van der Waals surface area contributed by atoms with Gasteiger partial charge in [-0.05, 0) is 74.1 Å². The van der Waals surface area contributed by atoms with Gasteiger partial charge in [-0.25, -0.2) is 9.38 Å². The van der Waals surface area contributed by atoms with E-state index >= 15 is 0 Å². The number of benzene rings is 3. The van der Waals surface area contributed by atoms with E-state index in [2.05, 4.69) is 10.3 Å². The van der Waals surface area contributed by atoms with Gasteiger partial charge in [0, 0.05) is 17.8 Å². The van der Waals surface area contributed by atoms with E-state index in [1.54, 1.807) is 35.2 Å². The number of aliphatic imine (C=N–C) groups is 1. The molecule has 4 rings (SSSR count). The molecule has 0 unspecified atom stereocenters. The van der Waals surface area contributed by atoms with Crippen LogP contribution in [0.5, 0.6) is 5.75 Å². The molecule has 1 aliphatic heterocycles. The number of hydrogen-bond acceptors (Lipinski definition) is 5. The average Bonchev–Trinajstić information content (AvgIpc) is 3.15. The lowest BCUT2D eigenvalue weighted by Crippen LogP contribution is -2.28. The van der Waals surface area contributed by atoms with Gasteiger partial charge in [-0.15, -0.1) is 0 Å². The lowest BCUT2D eigenvalue weighted by atomic mass is 10.2. The number of halogens is 1. The first kappa shape index (κ1) is 24.2. The Hall–Kier alpha value is -3.91. The van der Waals surface area contributed by atoms with Crippen molar-refractivity contribution in [2.45, 2.75) is 13.8 Å². The van der Waals surface area contributed by atoms with Crippen LogP contribution in [0.15, 0.2) is 82.7 Å². The van der Waals surface area contributed by atoms with Crippen LogP contribution in [-0.4, -0.2) is 35.0 Å². The Morgan fingerprint density at radius 2 is 1.80 bits per heavy atom. The monoisotopic (exact) mass is 489 g/mol. The fourth-order valence-electron chi connectivity index (χ4n) is 3.35. The molecule has 0 radical (unpaired) electrons. The molecular weight excluding hydrogens is 465 g/mol. The van der Waals surface area contributed by atoms with Crippen LogP contribution in [0.1, 0.15) is 18.1 Å². The van der Waals surface area contributed by atoms with Crippen LogP contribution in [0.3, 0.4) is 0 Å². The van der Waals surface area contributed by atoms with Crippen molar-refractivity contribution in [3.05, 3.63) is 94.6 Å². The molecule has 1 N–H and O–H groups in total. The number of carbonyl (C=O) groups is 2. The maximum atomic E-state index is 13.2. The van der Waals surface area contributed by atoms with Crippen molar-refractivity contribution in [1.82, 2.24) is 4.90 Å². The highest BCUT2D eigenvalue weighted by Gasteiger charge is 2.32. The van der Waals surface area contributed by atoms with Gasteiger partial charge in [-0.2, -0.15) is 0 Å². The molecule has 6 nitrogen and oxygen atoms in total. The van der Waals surface area contributed by atoms with Gasteiger partial charge < -0.3 is 10.1 Å². The second kappa shape index (κ2) is 11.0. The molecular formula is C27H24FN3O3S. The number of amides is 2. The van der Waals surface area contributed by atoms with Gasteiger partial charge in [0.05, 0.1) is 10.6 Å². The summed E-state index contributed by atoms with van der Waals surface area (Å²) in [6, 6.07) is 20.5. The minimum absolute atomic E-state index is 0.173. The molecule has 0 spiro atoms. The summed E-state index contributed by atoms with van der Waals surface area (Å²) in [6.45, 7) is 4.12. The molecule has 2 amide bonds. The molecule has 3 aromatic carbocycles. The summed E-state index contributed by atoms with van der Waals surface area (Å²) in [5.74, 6) is -0.320. The second-order valence-electron chi connectivity index (χ2n) is 7.77. The van der Waals surface area contributed by atoms with Crippen molar-refractivity contribution in [3.63, 3.8) is 0 Å². The van der Waals surface area contributed by atoms with Gasteiger partial charge in [0.1, 0.15) is 11.6 Å². The van der Waals surface area contributed by atoms with Crippen LogP contribution < -0.4 is 10.1 Å². The molecule has 0 bridgehead atoms. The van der Waals surface area contributed by atoms with Crippen molar-refractivity contribution >= 4 is 46.2 Å². The van der Waals surface area contributed by atoms with Crippen LogP contribution in [-0.2, 0) is 9.59 Å². The number of hydrogen-bond donors (Lipinski definition) is 1. The smallest absolute Gasteiger partial charge is 0.266 e. The number of amidine groups is 1. The number of ether oxygens (including phenoxy) is 1. The Morgan fingerprint density at radius 1 is 1.09 bits per heavy atom. The normalized spacial score (nSPS) is 15.6. The van der Waals surface area contributed by atoms with E-state index in [1.165, 1.54) is 23.9 Å². The van der Waals surface area contributed by atoms with Crippen molar-refractivity contribution < 1.29 is 18.7 Å². The van der Waals surface area contributed by atoms with Gasteiger partial charge in [-0.1, -0.05) is 35.9 Å². The second-order valence-corrected chi connectivity index (χ2v) is 8.78. The Balaban J connectivity index is 1.49. The van der Waals surface area contributed by atoms with Crippen molar-refractivity contribution in [2.24, 2.45) is 4.99 Å². The molecule has 1 heterocycles. The molecule has 1 saturated heterocycles. The Bertz CT molecular complexity index is 1290. The zero-order chi connectivity index (χ0) is 24.8. The molecule has 1 fully saturated rings. The topological polar surface area (TPSA) is 71.0 Å². The Morgan fingerprint density at radius 3 is 2.51 bits per heavy atom. The van der Waals surface area contributed by atoms with Crippen molar-refractivity contribution in [3.8, 4) is 5.75 Å². The summed E-state index contributed by atoms with van der Waals surface area (Å²) in [6.07, 6.45) is 1.73.